The smallest absolute Gasteiger partial charge is 0.319 e. The number of carbonyl (C=O) groups is 2. The summed E-state index contributed by atoms with van der Waals surface area (Å²) in [6.45, 7) is 1.33. The van der Waals surface area contributed by atoms with Crippen LogP contribution in [0.5, 0.6) is 11.5 Å². The molecule has 0 unspecified atom stereocenters. The number of urea groups is 1. The first-order chi connectivity index (χ1) is 15.4. The van der Waals surface area contributed by atoms with E-state index in [-0.39, 0.29) is 36.2 Å². The lowest BCUT2D eigenvalue weighted by Gasteiger charge is -2.43. The predicted octanol–water partition coefficient (Wildman–Crippen LogP) is 2.53. The number of nitrogens with zero attached hydrogens (tertiary/aromatic N) is 1. The number of hydrogen-bond donors (Lipinski definition) is 3. The van der Waals surface area contributed by atoms with Gasteiger partial charge in [-0.25, -0.2) is 9.18 Å². The van der Waals surface area contributed by atoms with Gasteiger partial charge in [0.25, 0.3) is 0 Å². The van der Waals surface area contributed by atoms with Crippen molar-refractivity contribution in [1.82, 2.24) is 10.2 Å². The minimum Gasteiger partial charge on any atom is -0.497 e. The maximum absolute atomic E-state index is 13.0. The Bertz CT molecular complexity index is 909. The molecule has 3 N–H and O–H groups in total. The van der Waals surface area contributed by atoms with Crippen LogP contribution in [0, 0.1) is 11.7 Å². The molecule has 3 rings (SSSR count). The van der Waals surface area contributed by atoms with Crippen LogP contribution in [-0.2, 0) is 0 Å². The average molecular weight is 445 g/mol. The third kappa shape index (κ3) is 5.95. The van der Waals surface area contributed by atoms with Crippen LogP contribution in [0.3, 0.4) is 0 Å². The molecule has 1 fully saturated rings. The van der Waals surface area contributed by atoms with E-state index >= 15 is 0 Å². The van der Waals surface area contributed by atoms with E-state index in [1.807, 2.05) is 4.90 Å². The Hall–Kier alpha value is -3.17. The molecule has 172 valence electrons. The Morgan fingerprint density at radius 2 is 1.75 bits per heavy atom. The number of aliphatic hydroxyl groups is 1. The molecule has 1 aliphatic rings. The molecule has 9 heteroatoms. The quantitative estimate of drug-likeness (QED) is 0.486. The number of benzene rings is 2. The van der Waals surface area contributed by atoms with E-state index < -0.39 is 0 Å². The fraction of sp³-hybridized carbons (Fsp3) is 0.391. The molecule has 1 aliphatic heterocycles. The molecule has 2 amide bonds. The normalized spacial score (nSPS) is 14.9. The summed E-state index contributed by atoms with van der Waals surface area (Å²) in [5.74, 6) is 0.544. The standard InChI is InChI=1S/C23H28FN3O5/c1-31-20-9-18(10-21(11-20)32-2)26-23(30)25-8-7-19(14-28)27-12-16(13-27)22(29)15-3-5-17(24)6-4-15/h3-6,9-11,16,19,28H,7-8,12-14H2,1-2H3,(H2,25,26,30)/t19-/m0/s1. The molecular formula is C23H28FN3O5. The lowest BCUT2D eigenvalue weighted by Crippen LogP contribution is -2.56. The maximum atomic E-state index is 13.0. The highest BCUT2D eigenvalue weighted by molar-refractivity contribution is 5.98. The van der Waals surface area contributed by atoms with E-state index in [2.05, 4.69) is 10.6 Å². The zero-order valence-corrected chi connectivity index (χ0v) is 18.1. The van der Waals surface area contributed by atoms with E-state index in [9.17, 15) is 19.1 Å². The summed E-state index contributed by atoms with van der Waals surface area (Å²) in [6.07, 6.45) is 0.531. The molecule has 0 radical (unpaired) electrons. The third-order valence-corrected chi connectivity index (χ3v) is 5.51. The monoisotopic (exact) mass is 445 g/mol. The van der Waals surface area contributed by atoms with Gasteiger partial charge in [-0.3, -0.25) is 9.69 Å². The number of Topliss-reactive ketones (excluding diaryl/α,β-unsaturated/α-hetero) is 1. The number of ether oxygens (including phenoxy) is 2. The third-order valence-electron chi connectivity index (χ3n) is 5.51. The molecular weight excluding hydrogens is 417 g/mol. The summed E-state index contributed by atoms with van der Waals surface area (Å²) in [6, 6.07) is 10.0. The van der Waals surface area contributed by atoms with Gasteiger partial charge in [0.1, 0.15) is 17.3 Å². The van der Waals surface area contributed by atoms with Crippen molar-refractivity contribution >= 4 is 17.5 Å². The van der Waals surface area contributed by atoms with Crippen molar-refractivity contribution in [2.75, 3.05) is 45.8 Å². The minimum atomic E-state index is -0.384. The van der Waals surface area contributed by atoms with Crippen molar-refractivity contribution in [3.63, 3.8) is 0 Å². The van der Waals surface area contributed by atoms with Gasteiger partial charge in [-0.15, -0.1) is 0 Å². The molecule has 2 aromatic carbocycles. The number of ketones is 1. The molecule has 1 heterocycles. The number of methoxy groups -OCH3 is 2. The van der Waals surface area contributed by atoms with Crippen LogP contribution in [-0.4, -0.2) is 68.3 Å². The van der Waals surface area contributed by atoms with Gasteiger partial charge in [0.15, 0.2) is 5.78 Å². The van der Waals surface area contributed by atoms with E-state index in [0.717, 1.165) is 0 Å². The summed E-state index contributed by atoms with van der Waals surface area (Å²) in [4.78, 5) is 26.7. The molecule has 8 nitrogen and oxygen atoms in total. The summed E-state index contributed by atoms with van der Waals surface area (Å²) in [5, 5.41) is 15.2. The highest BCUT2D eigenvalue weighted by Crippen LogP contribution is 2.26. The van der Waals surface area contributed by atoms with Gasteiger partial charge in [0, 0.05) is 61.0 Å². The Morgan fingerprint density at radius 1 is 1.12 bits per heavy atom. The molecule has 0 bridgehead atoms. The number of hydrogen-bond acceptors (Lipinski definition) is 6. The van der Waals surface area contributed by atoms with Crippen LogP contribution in [0.15, 0.2) is 42.5 Å². The number of amides is 2. The zero-order valence-electron chi connectivity index (χ0n) is 18.1. The molecule has 0 aromatic heterocycles. The lowest BCUT2D eigenvalue weighted by molar-refractivity contribution is 0.0215. The SMILES string of the molecule is COc1cc(NC(=O)NCC[C@@H](CO)N2CC(C(=O)c3ccc(F)cc3)C2)cc(OC)c1. The molecule has 0 aliphatic carbocycles. The molecule has 1 saturated heterocycles. The lowest BCUT2D eigenvalue weighted by atomic mass is 9.89. The highest BCUT2D eigenvalue weighted by Gasteiger charge is 2.36. The minimum absolute atomic E-state index is 0.0239. The summed E-state index contributed by atoms with van der Waals surface area (Å²) >= 11 is 0. The predicted molar refractivity (Wildman–Crippen MR) is 118 cm³/mol. The van der Waals surface area contributed by atoms with Gasteiger partial charge < -0.3 is 25.2 Å². The first kappa shape index (κ1) is 23.5. The van der Waals surface area contributed by atoms with Crippen molar-refractivity contribution in [2.24, 2.45) is 5.92 Å². The van der Waals surface area contributed by atoms with Crippen LogP contribution >= 0.6 is 0 Å². The van der Waals surface area contributed by atoms with E-state index in [0.29, 0.717) is 48.8 Å². The second-order valence-electron chi connectivity index (χ2n) is 7.63. The van der Waals surface area contributed by atoms with Crippen LogP contribution in [0.25, 0.3) is 0 Å². The van der Waals surface area contributed by atoms with Crippen molar-refractivity contribution < 1.29 is 28.6 Å². The highest BCUT2D eigenvalue weighted by atomic mass is 19.1. The Balaban J connectivity index is 1.43. The van der Waals surface area contributed by atoms with E-state index in [4.69, 9.17) is 9.47 Å². The molecule has 1 atom stereocenters. The van der Waals surface area contributed by atoms with E-state index in [1.54, 1.807) is 18.2 Å². The largest absolute Gasteiger partial charge is 0.497 e. The summed E-state index contributed by atoms with van der Waals surface area (Å²) < 4.78 is 23.4. The fourth-order valence-corrected chi connectivity index (χ4v) is 3.62. The Labute approximate surface area is 186 Å². The summed E-state index contributed by atoms with van der Waals surface area (Å²) in [5.41, 5.74) is 1.02. The van der Waals surface area contributed by atoms with Crippen molar-refractivity contribution in [1.29, 1.82) is 0 Å². The van der Waals surface area contributed by atoms with E-state index in [1.165, 1.54) is 38.5 Å². The molecule has 2 aromatic rings. The van der Waals surface area contributed by atoms with Crippen molar-refractivity contribution in [3.8, 4) is 11.5 Å². The van der Waals surface area contributed by atoms with Crippen LogP contribution in [0.4, 0.5) is 14.9 Å². The number of carbonyl (C=O) groups excluding carboxylic acids is 2. The maximum Gasteiger partial charge on any atom is 0.319 e. The first-order valence-electron chi connectivity index (χ1n) is 10.4. The first-order valence-corrected chi connectivity index (χ1v) is 10.4. The summed E-state index contributed by atoms with van der Waals surface area (Å²) in [7, 11) is 3.06. The van der Waals surface area contributed by atoms with Gasteiger partial charge in [0.05, 0.1) is 20.8 Å². The number of nitrogens with one attached hydrogen (secondary N) is 2. The number of likely N-dealkylation sites (tertiary alicyclic amines) is 1. The second kappa shape index (κ2) is 10.9. The van der Waals surface area contributed by atoms with Gasteiger partial charge in [-0.1, -0.05) is 0 Å². The number of aliphatic hydroxyl groups excluding tert-OH is 1. The van der Waals surface area contributed by atoms with Gasteiger partial charge in [0.2, 0.25) is 0 Å². The second-order valence-corrected chi connectivity index (χ2v) is 7.63. The Morgan fingerprint density at radius 3 is 2.31 bits per heavy atom. The van der Waals surface area contributed by atoms with Crippen LogP contribution in [0.2, 0.25) is 0 Å². The van der Waals surface area contributed by atoms with Gasteiger partial charge in [-0.2, -0.15) is 0 Å². The average Bonchev–Trinajstić information content (AvgIpc) is 2.76. The fourth-order valence-electron chi connectivity index (χ4n) is 3.62. The molecule has 0 saturated carbocycles. The zero-order chi connectivity index (χ0) is 23.1. The number of halogens is 1. The number of anilines is 1. The van der Waals surface area contributed by atoms with Crippen LogP contribution < -0.4 is 20.1 Å². The molecule has 32 heavy (non-hydrogen) atoms. The molecule has 0 spiro atoms. The van der Waals surface area contributed by atoms with Crippen molar-refractivity contribution in [3.05, 3.63) is 53.8 Å². The van der Waals surface area contributed by atoms with Gasteiger partial charge in [-0.05, 0) is 30.7 Å². The topological polar surface area (TPSA) is 100 Å². The number of rotatable bonds is 10. The van der Waals surface area contributed by atoms with Gasteiger partial charge >= 0.3 is 6.03 Å². The Kier molecular flexibility index (Phi) is 8.02. The van der Waals surface area contributed by atoms with Crippen LogP contribution in [0.1, 0.15) is 16.8 Å². The van der Waals surface area contributed by atoms with Crippen molar-refractivity contribution in [2.45, 2.75) is 12.5 Å².